The lowest BCUT2D eigenvalue weighted by molar-refractivity contribution is 0.112. The number of aliphatic hydroxyl groups is 2. The number of rotatable bonds is 19. The van der Waals surface area contributed by atoms with Gasteiger partial charge >= 0.3 is 0 Å². The zero-order valence-corrected chi connectivity index (χ0v) is 18.3. The molecule has 2 N–H and O–H groups in total. The van der Waals surface area contributed by atoms with Crippen LogP contribution in [-0.2, 0) is 0 Å². The molecule has 0 aliphatic carbocycles. The maximum absolute atomic E-state index is 10.0. The SMILES string of the molecule is CCCCCC(O)CN(C)CCCCCCN(C)CC(O)CCCCC. The lowest BCUT2D eigenvalue weighted by Gasteiger charge is -2.21. The lowest BCUT2D eigenvalue weighted by Crippen LogP contribution is -2.30. The van der Waals surface area contributed by atoms with Crippen LogP contribution in [0.3, 0.4) is 0 Å². The Morgan fingerprint density at radius 2 is 0.962 bits per heavy atom. The number of hydrogen-bond acceptors (Lipinski definition) is 4. The van der Waals surface area contributed by atoms with Crippen molar-refractivity contribution in [1.82, 2.24) is 9.80 Å². The van der Waals surface area contributed by atoms with Crippen molar-refractivity contribution in [3.8, 4) is 0 Å². The van der Waals surface area contributed by atoms with E-state index in [9.17, 15) is 10.2 Å². The Kier molecular flexibility index (Phi) is 18.1. The van der Waals surface area contributed by atoms with E-state index in [2.05, 4.69) is 37.7 Å². The highest BCUT2D eigenvalue weighted by Crippen LogP contribution is 2.08. The second-order valence-electron chi connectivity index (χ2n) is 8.24. The summed E-state index contributed by atoms with van der Waals surface area (Å²) in [4.78, 5) is 4.55. The molecule has 0 aromatic rings. The highest BCUT2D eigenvalue weighted by Gasteiger charge is 2.09. The summed E-state index contributed by atoms with van der Waals surface area (Å²) in [5.74, 6) is 0. The average Bonchev–Trinajstić information content (AvgIpc) is 2.58. The molecule has 0 fully saturated rings. The van der Waals surface area contributed by atoms with Gasteiger partial charge in [0.05, 0.1) is 12.2 Å². The Hall–Kier alpha value is -0.160. The van der Waals surface area contributed by atoms with Gasteiger partial charge in [0, 0.05) is 13.1 Å². The molecule has 0 radical (unpaired) electrons. The fourth-order valence-corrected chi connectivity index (χ4v) is 3.46. The van der Waals surface area contributed by atoms with Gasteiger partial charge < -0.3 is 20.0 Å². The first-order valence-electron chi connectivity index (χ1n) is 11.2. The van der Waals surface area contributed by atoms with Crippen LogP contribution in [0.4, 0.5) is 0 Å². The van der Waals surface area contributed by atoms with Gasteiger partial charge in [-0.05, 0) is 52.9 Å². The Morgan fingerprint density at radius 3 is 1.31 bits per heavy atom. The van der Waals surface area contributed by atoms with E-state index < -0.39 is 0 Å². The molecule has 2 unspecified atom stereocenters. The topological polar surface area (TPSA) is 46.9 Å². The van der Waals surface area contributed by atoms with Gasteiger partial charge in [-0.3, -0.25) is 0 Å². The fraction of sp³-hybridized carbons (Fsp3) is 1.00. The van der Waals surface area contributed by atoms with Gasteiger partial charge in [-0.2, -0.15) is 0 Å². The van der Waals surface area contributed by atoms with Crippen LogP contribution in [0.2, 0.25) is 0 Å². The van der Waals surface area contributed by atoms with Gasteiger partial charge in [0.25, 0.3) is 0 Å². The van der Waals surface area contributed by atoms with Crippen LogP contribution >= 0.6 is 0 Å². The van der Waals surface area contributed by atoms with Crippen molar-refractivity contribution in [2.24, 2.45) is 0 Å². The van der Waals surface area contributed by atoms with Crippen LogP contribution in [0.1, 0.15) is 90.9 Å². The minimum Gasteiger partial charge on any atom is -0.392 e. The molecule has 0 aromatic carbocycles. The Balaban J connectivity index is 3.50. The first-order chi connectivity index (χ1) is 12.5. The van der Waals surface area contributed by atoms with Crippen molar-refractivity contribution in [2.45, 2.75) is 103 Å². The maximum Gasteiger partial charge on any atom is 0.0667 e. The average molecular weight is 373 g/mol. The molecule has 0 saturated carbocycles. The molecule has 0 aromatic heterocycles. The monoisotopic (exact) mass is 372 g/mol. The van der Waals surface area contributed by atoms with Crippen molar-refractivity contribution in [2.75, 3.05) is 40.3 Å². The Bertz CT molecular complexity index is 261. The van der Waals surface area contributed by atoms with Crippen molar-refractivity contribution in [3.63, 3.8) is 0 Å². The summed E-state index contributed by atoms with van der Waals surface area (Å²) in [5.41, 5.74) is 0. The molecule has 26 heavy (non-hydrogen) atoms. The third kappa shape index (κ3) is 17.3. The molecular weight excluding hydrogens is 324 g/mol. The van der Waals surface area contributed by atoms with Crippen LogP contribution in [-0.4, -0.2) is 72.5 Å². The fourth-order valence-electron chi connectivity index (χ4n) is 3.46. The quantitative estimate of drug-likeness (QED) is 0.332. The standard InChI is InChI=1S/C22H48N2O2/c1-5-7-11-15-21(25)19-23(3)17-13-9-10-14-18-24(4)20-22(26)16-12-8-6-2/h21-22,25-26H,5-20H2,1-4H3. The molecular formula is C22H48N2O2. The highest BCUT2D eigenvalue weighted by atomic mass is 16.3. The summed E-state index contributed by atoms with van der Waals surface area (Å²) in [5, 5.41) is 20.0. The molecule has 0 rings (SSSR count). The zero-order chi connectivity index (χ0) is 19.6. The lowest BCUT2D eigenvalue weighted by atomic mass is 10.1. The van der Waals surface area contributed by atoms with Crippen molar-refractivity contribution < 1.29 is 10.2 Å². The van der Waals surface area contributed by atoms with E-state index in [1.165, 1.54) is 51.4 Å². The zero-order valence-electron chi connectivity index (χ0n) is 18.3. The number of likely N-dealkylation sites (N-methyl/N-ethyl adjacent to an activating group) is 2. The van der Waals surface area contributed by atoms with E-state index in [-0.39, 0.29) is 12.2 Å². The van der Waals surface area contributed by atoms with E-state index in [0.29, 0.717) is 0 Å². The molecule has 0 saturated heterocycles. The highest BCUT2D eigenvalue weighted by molar-refractivity contribution is 4.64. The number of hydrogen-bond donors (Lipinski definition) is 2. The van der Waals surface area contributed by atoms with Crippen molar-refractivity contribution in [1.29, 1.82) is 0 Å². The smallest absolute Gasteiger partial charge is 0.0667 e. The predicted molar refractivity (Wildman–Crippen MR) is 114 cm³/mol. The van der Waals surface area contributed by atoms with E-state index in [4.69, 9.17) is 0 Å². The summed E-state index contributed by atoms with van der Waals surface area (Å²) in [7, 11) is 4.24. The molecule has 0 amide bonds. The second-order valence-corrected chi connectivity index (χ2v) is 8.24. The third-order valence-electron chi connectivity index (χ3n) is 5.16. The van der Waals surface area contributed by atoms with Crippen LogP contribution in [0, 0.1) is 0 Å². The van der Waals surface area contributed by atoms with Crippen LogP contribution in [0.5, 0.6) is 0 Å². The summed E-state index contributed by atoms with van der Waals surface area (Å²) in [6.45, 7) is 8.18. The largest absolute Gasteiger partial charge is 0.392 e. The van der Waals surface area contributed by atoms with E-state index in [1.807, 2.05) is 0 Å². The molecule has 4 nitrogen and oxygen atoms in total. The number of aliphatic hydroxyl groups excluding tert-OH is 2. The van der Waals surface area contributed by atoms with Crippen LogP contribution < -0.4 is 0 Å². The molecule has 4 heteroatoms. The minimum absolute atomic E-state index is 0.163. The Labute approximate surface area is 164 Å². The van der Waals surface area contributed by atoms with E-state index in [0.717, 1.165) is 51.9 Å². The normalized spacial score (nSPS) is 14.3. The first-order valence-corrected chi connectivity index (χ1v) is 11.2. The van der Waals surface area contributed by atoms with Gasteiger partial charge in [-0.1, -0.05) is 65.2 Å². The summed E-state index contributed by atoms with van der Waals surface area (Å²) in [6.07, 6.45) is 13.7. The van der Waals surface area contributed by atoms with E-state index >= 15 is 0 Å². The van der Waals surface area contributed by atoms with Crippen molar-refractivity contribution >= 4 is 0 Å². The summed E-state index contributed by atoms with van der Waals surface area (Å²) < 4.78 is 0. The summed E-state index contributed by atoms with van der Waals surface area (Å²) in [6, 6.07) is 0. The van der Waals surface area contributed by atoms with Gasteiger partial charge in [0.1, 0.15) is 0 Å². The van der Waals surface area contributed by atoms with E-state index in [1.54, 1.807) is 0 Å². The molecule has 2 atom stereocenters. The second kappa shape index (κ2) is 18.2. The van der Waals surface area contributed by atoms with Gasteiger partial charge in [0.2, 0.25) is 0 Å². The van der Waals surface area contributed by atoms with Crippen LogP contribution in [0.25, 0.3) is 0 Å². The van der Waals surface area contributed by atoms with Gasteiger partial charge in [-0.15, -0.1) is 0 Å². The minimum atomic E-state index is -0.163. The molecule has 0 spiro atoms. The van der Waals surface area contributed by atoms with Crippen LogP contribution in [0.15, 0.2) is 0 Å². The van der Waals surface area contributed by atoms with Crippen molar-refractivity contribution in [3.05, 3.63) is 0 Å². The molecule has 0 aliphatic heterocycles. The summed E-state index contributed by atoms with van der Waals surface area (Å²) >= 11 is 0. The molecule has 0 bridgehead atoms. The molecule has 158 valence electrons. The first kappa shape index (κ1) is 25.8. The van der Waals surface area contributed by atoms with Gasteiger partial charge in [-0.25, -0.2) is 0 Å². The molecule has 0 aliphatic rings. The Morgan fingerprint density at radius 1 is 0.577 bits per heavy atom. The maximum atomic E-state index is 10.0. The predicted octanol–water partition coefficient (Wildman–Crippen LogP) is 4.29. The number of unbranched alkanes of at least 4 members (excludes halogenated alkanes) is 7. The van der Waals surface area contributed by atoms with Gasteiger partial charge in [0.15, 0.2) is 0 Å². The number of nitrogens with zero attached hydrogens (tertiary/aromatic N) is 2. The molecule has 0 heterocycles. The third-order valence-corrected chi connectivity index (χ3v) is 5.16.